The summed E-state index contributed by atoms with van der Waals surface area (Å²) in [4.78, 5) is 8.33. The molecule has 22 heavy (non-hydrogen) atoms. The highest BCUT2D eigenvalue weighted by atomic mass is 16.6. The van der Waals surface area contributed by atoms with Gasteiger partial charge in [-0.15, -0.1) is 0 Å². The third-order valence-corrected chi connectivity index (χ3v) is 3.77. The number of ether oxygens (including phenoxy) is 1. The van der Waals surface area contributed by atoms with Gasteiger partial charge in [0.1, 0.15) is 36.3 Å². The Morgan fingerprint density at radius 1 is 1.27 bits per heavy atom. The number of aliphatic hydroxyl groups is 3. The van der Waals surface area contributed by atoms with E-state index in [1.807, 2.05) is 6.92 Å². The summed E-state index contributed by atoms with van der Waals surface area (Å²) in [5, 5.41) is 32.3. The van der Waals surface area contributed by atoms with Gasteiger partial charge in [0.25, 0.3) is 0 Å². The molecule has 0 aromatic carbocycles. The number of aliphatic hydroxyl groups excluding tert-OH is 3. The second kappa shape index (κ2) is 6.17. The molecule has 2 aromatic rings. The van der Waals surface area contributed by atoms with Crippen molar-refractivity contribution in [2.45, 2.75) is 37.8 Å². The van der Waals surface area contributed by atoms with Crippen LogP contribution in [0.2, 0.25) is 0 Å². The first-order valence-corrected chi connectivity index (χ1v) is 7.25. The average Bonchev–Trinajstić information content (AvgIpc) is 3.08. The molecule has 1 saturated heterocycles. The molecule has 1 aliphatic rings. The average molecular weight is 309 g/mol. The van der Waals surface area contributed by atoms with E-state index in [0.717, 1.165) is 13.0 Å². The lowest BCUT2D eigenvalue weighted by Gasteiger charge is -2.12. The number of rotatable bonds is 5. The maximum Gasteiger partial charge on any atom is 0.194 e. The Morgan fingerprint density at radius 3 is 2.77 bits per heavy atom. The third-order valence-electron chi connectivity index (χ3n) is 3.77. The number of aromatic nitrogens is 2. The number of anilines is 1. The summed E-state index contributed by atoms with van der Waals surface area (Å²) < 4.78 is 11.0. The second-order valence-electron chi connectivity index (χ2n) is 5.28. The van der Waals surface area contributed by atoms with Crippen LogP contribution in [-0.2, 0) is 4.74 Å². The van der Waals surface area contributed by atoms with Gasteiger partial charge in [0.05, 0.1) is 12.9 Å². The van der Waals surface area contributed by atoms with Gasteiger partial charge in [-0.2, -0.15) is 0 Å². The van der Waals surface area contributed by atoms with E-state index < -0.39 is 24.4 Å². The van der Waals surface area contributed by atoms with Gasteiger partial charge < -0.3 is 29.8 Å². The Labute approximate surface area is 126 Å². The summed E-state index contributed by atoms with van der Waals surface area (Å²) in [6.07, 6.45) is -0.156. The van der Waals surface area contributed by atoms with Crippen molar-refractivity contribution in [3.8, 4) is 0 Å². The fraction of sp³-hybridized carbons (Fsp3) is 0.571. The molecule has 0 amide bonds. The molecule has 2 aromatic heterocycles. The quantitative estimate of drug-likeness (QED) is 0.618. The van der Waals surface area contributed by atoms with Gasteiger partial charge in [-0.1, -0.05) is 6.92 Å². The summed E-state index contributed by atoms with van der Waals surface area (Å²) in [5.74, 6) is 0.574. The Morgan fingerprint density at radius 2 is 2.09 bits per heavy atom. The van der Waals surface area contributed by atoms with E-state index in [2.05, 4.69) is 15.3 Å². The molecule has 1 aliphatic heterocycles. The van der Waals surface area contributed by atoms with E-state index in [4.69, 9.17) is 14.3 Å². The van der Waals surface area contributed by atoms with Crippen LogP contribution in [0.3, 0.4) is 0 Å². The molecule has 8 nitrogen and oxygen atoms in total. The lowest BCUT2D eigenvalue weighted by atomic mass is 10.0. The van der Waals surface area contributed by atoms with Crippen molar-refractivity contribution in [3.05, 3.63) is 18.2 Å². The maximum absolute atomic E-state index is 10.1. The molecular formula is C14H19N3O5. The molecule has 8 heteroatoms. The Kier molecular flexibility index (Phi) is 4.25. The van der Waals surface area contributed by atoms with E-state index in [1.165, 1.54) is 12.6 Å². The predicted molar refractivity (Wildman–Crippen MR) is 77.3 cm³/mol. The van der Waals surface area contributed by atoms with Crippen LogP contribution in [-0.4, -0.2) is 56.8 Å². The highest BCUT2D eigenvalue weighted by molar-refractivity contribution is 5.86. The summed E-state index contributed by atoms with van der Waals surface area (Å²) in [6.45, 7) is 2.41. The predicted octanol–water partition coefficient (Wildman–Crippen LogP) is 0.199. The maximum atomic E-state index is 10.1. The van der Waals surface area contributed by atoms with E-state index >= 15 is 0 Å². The molecule has 0 bridgehead atoms. The number of hydrogen-bond acceptors (Lipinski definition) is 8. The molecule has 4 atom stereocenters. The fourth-order valence-electron chi connectivity index (χ4n) is 2.60. The number of hydrogen-bond donors (Lipinski definition) is 4. The summed E-state index contributed by atoms with van der Waals surface area (Å²) >= 11 is 0. The summed E-state index contributed by atoms with van der Waals surface area (Å²) in [7, 11) is 0. The molecule has 120 valence electrons. The summed E-state index contributed by atoms with van der Waals surface area (Å²) in [5.41, 5.74) is 1.52. The molecule has 3 heterocycles. The minimum Gasteiger partial charge on any atom is -0.458 e. The SMILES string of the molecule is CCCNc1ncnc2c(C3O[C@H](CO)[C@@H](O)[C@H]3O)coc12. The minimum atomic E-state index is -1.15. The normalized spacial score (nSPS) is 28.4. The van der Waals surface area contributed by atoms with Crippen molar-refractivity contribution in [1.82, 2.24) is 9.97 Å². The molecule has 1 unspecified atom stereocenters. The van der Waals surface area contributed by atoms with E-state index in [0.29, 0.717) is 22.5 Å². The highest BCUT2D eigenvalue weighted by Crippen LogP contribution is 2.38. The van der Waals surface area contributed by atoms with Crippen molar-refractivity contribution >= 4 is 16.9 Å². The zero-order valence-corrected chi connectivity index (χ0v) is 12.1. The van der Waals surface area contributed by atoms with Crippen LogP contribution >= 0.6 is 0 Å². The number of fused-ring (bicyclic) bond motifs is 1. The topological polar surface area (TPSA) is 121 Å². The van der Waals surface area contributed by atoms with Crippen molar-refractivity contribution in [3.63, 3.8) is 0 Å². The largest absolute Gasteiger partial charge is 0.458 e. The number of furan rings is 1. The smallest absolute Gasteiger partial charge is 0.194 e. The molecule has 0 spiro atoms. The molecular weight excluding hydrogens is 290 g/mol. The third kappa shape index (κ3) is 2.44. The molecule has 0 saturated carbocycles. The first-order chi connectivity index (χ1) is 10.7. The minimum absolute atomic E-state index is 0.372. The van der Waals surface area contributed by atoms with Gasteiger partial charge in [0, 0.05) is 12.1 Å². The van der Waals surface area contributed by atoms with Gasteiger partial charge in [-0.3, -0.25) is 0 Å². The Balaban J connectivity index is 1.95. The van der Waals surface area contributed by atoms with Crippen LogP contribution in [0.1, 0.15) is 25.0 Å². The molecule has 3 rings (SSSR count). The van der Waals surface area contributed by atoms with Crippen molar-refractivity contribution in [2.75, 3.05) is 18.5 Å². The molecule has 1 fully saturated rings. The van der Waals surface area contributed by atoms with E-state index in [1.54, 1.807) is 0 Å². The number of nitrogens with zero attached hydrogens (tertiary/aromatic N) is 2. The molecule has 0 aliphatic carbocycles. The Hall–Kier alpha value is -1.74. The lowest BCUT2D eigenvalue weighted by Crippen LogP contribution is -2.32. The Bertz CT molecular complexity index is 646. The van der Waals surface area contributed by atoms with Crippen LogP contribution in [0.4, 0.5) is 5.82 Å². The van der Waals surface area contributed by atoms with Crippen LogP contribution in [0, 0.1) is 0 Å². The van der Waals surface area contributed by atoms with E-state index in [9.17, 15) is 10.2 Å². The van der Waals surface area contributed by atoms with Crippen molar-refractivity contribution in [2.24, 2.45) is 0 Å². The zero-order valence-electron chi connectivity index (χ0n) is 12.1. The van der Waals surface area contributed by atoms with Crippen molar-refractivity contribution < 1.29 is 24.5 Å². The van der Waals surface area contributed by atoms with Gasteiger partial charge in [0.15, 0.2) is 11.4 Å². The molecule has 4 N–H and O–H groups in total. The van der Waals surface area contributed by atoms with Gasteiger partial charge in [0.2, 0.25) is 0 Å². The number of nitrogens with one attached hydrogen (secondary N) is 1. The van der Waals surface area contributed by atoms with Gasteiger partial charge in [-0.25, -0.2) is 9.97 Å². The van der Waals surface area contributed by atoms with Crippen molar-refractivity contribution in [1.29, 1.82) is 0 Å². The van der Waals surface area contributed by atoms with Crippen LogP contribution in [0.15, 0.2) is 17.0 Å². The first kappa shape index (κ1) is 15.2. The standard InChI is InChI=1S/C14H19N3O5/c1-2-3-15-14-13-9(16-6-17-14)7(5-21-13)12-11(20)10(19)8(4-18)22-12/h5-6,8,10-12,18-20H,2-4H2,1H3,(H,15,16,17)/t8-,10-,11-,12?/m1/s1. The second-order valence-corrected chi connectivity index (χ2v) is 5.28. The monoisotopic (exact) mass is 309 g/mol. The van der Waals surface area contributed by atoms with Gasteiger partial charge >= 0.3 is 0 Å². The zero-order chi connectivity index (χ0) is 15.7. The lowest BCUT2D eigenvalue weighted by molar-refractivity contribution is -0.0226. The fourth-order valence-corrected chi connectivity index (χ4v) is 2.60. The summed E-state index contributed by atoms with van der Waals surface area (Å²) in [6, 6.07) is 0. The first-order valence-electron chi connectivity index (χ1n) is 7.25. The van der Waals surface area contributed by atoms with Crippen LogP contribution in [0.25, 0.3) is 11.1 Å². The van der Waals surface area contributed by atoms with Gasteiger partial charge in [-0.05, 0) is 6.42 Å². The molecule has 0 radical (unpaired) electrons. The van der Waals surface area contributed by atoms with E-state index in [-0.39, 0.29) is 6.61 Å². The highest BCUT2D eigenvalue weighted by Gasteiger charge is 2.44. The van der Waals surface area contributed by atoms with Crippen LogP contribution in [0.5, 0.6) is 0 Å². The van der Waals surface area contributed by atoms with Crippen LogP contribution < -0.4 is 5.32 Å².